The third-order valence-corrected chi connectivity index (χ3v) is 5.17. The van der Waals surface area contributed by atoms with Gasteiger partial charge in [-0.05, 0) is 25.1 Å². The second-order valence-electron chi connectivity index (χ2n) is 5.67. The molecule has 0 amide bonds. The van der Waals surface area contributed by atoms with Crippen molar-refractivity contribution in [3.63, 3.8) is 0 Å². The van der Waals surface area contributed by atoms with Gasteiger partial charge in [0.2, 0.25) is 0 Å². The van der Waals surface area contributed by atoms with E-state index in [-0.39, 0.29) is 16.7 Å². The summed E-state index contributed by atoms with van der Waals surface area (Å²) in [5, 5.41) is 10.7. The molecular formula is C20H14N2O4S. The van der Waals surface area contributed by atoms with E-state index in [4.69, 9.17) is 13.9 Å². The number of hydrogen-bond acceptors (Lipinski definition) is 7. The quantitative estimate of drug-likeness (QED) is 0.491. The largest absolute Gasteiger partial charge is 0.493 e. The molecule has 7 heteroatoms. The molecule has 0 saturated carbocycles. The molecule has 0 radical (unpaired) electrons. The Morgan fingerprint density at radius 1 is 1.26 bits per heavy atom. The molecule has 0 unspecified atom stereocenters. The summed E-state index contributed by atoms with van der Waals surface area (Å²) in [6.45, 7) is 2.28. The number of thiazole rings is 1. The molecule has 4 aromatic rings. The smallest absolute Gasteiger partial charge is 0.348 e. The number of para-hydroxylation sites is 1. The average Bonchev–Trinajstić information content (AvgIpc) is 3.10. The third kappa shape index (κ3) is 2.80. The number of nitrogens with zero attached hydrogens (tertiary/aromatic N) is 2. The van der Waals surface area contributed by atoms with Crippen molar-refractivity contribution < 1.29 is 13.9 Å². The van der Waals surface area contributed by atoms with E-state index < -0.39 is 5.63 Å². The van der Waals surface area contributed by atoms with Crippen molar-refractivity contribution in [1.82, 2.24) is 4.98 Å². The van der Waals surface area contributed by atoms with Gasteiger partial charge >= 0.3 is 5.63 Å². The summed E-state index contributed by atoms with van der Waals surface area (Å²) in [6, 6.07) is 12.9. The Bertz CT molecular complexity index is 1230. The van der Waals surface area contributed by atoms with E-state index in [1.165, 1.54) is 18.4 Å². The Morgan fingerprint density at radius 2 is 2.07 bits per heavy atom. The standard InChI is InChI=1S/C20H14N2O4S/c1-3-25-16-9-14-11(8-15(16)24-2)12(10-21)18(20(23)26-14)19-22-13-6-4-5-7-17(13)27-19/h4-9H,3H2,1-2H3. The monoisotopic (exact) mass is 378 g/mol. The fourth-order valence-corrected chi connectivity index (χ4v) is 3.93. The van der Waals surface area contributed by atoms with Crippen molar-refractivity contribution in [1.29, 1.82) is 5.26 Å². The number of hydrogen-bond donors (Lipinski definition) is 0. The van der Waals surface area contributed by atoms with E-state index in [0.29, 0.717) is 28.5 Å². The molecule has 27 heavy (non-hydrogen) atoms. The molecule has 4 rings (SSSR count). The lowest BCUT2D eigenvalue weighted by molar-refractivity contribution is 0.311. The summed E-state index contributed by atoms with van der Waals surface area (Å²) < 4.78 is 17.3. The predicted molar refractivity (Wildman–Crippen MR) is 104 cm³/mol. The Labute approximate surface area is 158 Å². The topological polar surface area (TPSA) is 85.4 Å². The molecule has 0 fully saturated rings. The van der Waals surface area contributed by atoms with Crippen LogP contribution in [0.2, 0.25) is 0 Å². The van der Waals surface area contributed by atoms with Crippen LogP contribution < -0.4 is 15.1 Å². The SMILES string of the molecule is CCOc1cc2oc(=O)c(-c3nc4ccccc4s3)c(C#N)c2cc1OC. The van der Waals surface area contributed by atoms with E-state index in [2.05, 4.69) is 11.1 Å². The lowest BCUT2D eigenvalue weighted by Crippen LogP contribution is -2.07. The summed E-state index contributed by atoms with van der Waals surface area (Å²) in [5.74, 6) is 0.914. The van der Waals surface area contributed by atoms with E-state index >= 15 is 0 Å². The van der Waals surface area contributed by atoms with Gasteiger partial charge in [-0.1, -0.05) is 12.1 Å². The molecule has 0 bridgehead atoms. The number of nitriles is 1. The molecule has 0 aliphatic heterocycles. The number of fused-ring (bicyclic) bond motifs is 2. The molecule has 0 N–H and O–H groups in total. The van der Waals surface area contributed by atoms with Gasteiger partial charge in [-0.15, -0.1) is 11.3 Å². The summed E-state index contributed by atoms with van der Waals surface area (Å²) in [6.07, 6.45) is 0. The van der Waals surface area contributed by atoms with E-state index in [9.17, 15) is 10.1 Å². The van der Waals surface area contributed by atoms with Gasteiger partial charge in [0.05, 0.1) is 29.5 Å². The first kappa shape index (κ1) is 17.1. The molecule has 2 aromatic carbocycles. The van der Waals surface area contributed by atoms with Crippen molar-refractivity contribution in [2.24, 2.45) is 0 Å². The van der Waals surface area contributed by atoms with Gasteiger partial charge < -0.3 is 13.9 Å². The van der Waals surface area contributed by atoms with Gasteiger partial charge in [0.25, 0.3) is 0 Å². The van der Waals surface area contributed by atoms with Crippen LogP contribution in [0.5, 0.6) is 11.5 Å². The molecule has 0 atom stereocenters. The first-order valence-corrected chi connectivity index (χ1v) is 9.05. The zero-order valence-electron chi connectivity index (χ0n) is 14.6. The maximum absolute atomic E-state index is 12.7. The Kier molecular flexibility index (Phi) is 4.26. The predicted octanol–water partition coefficient (Wildman–Crippen LogP) is 4.35. The summed E-state index contributed by atoms with van der Waals surface area (Å²) >= 11 is 1.35. The minimum atomic E-state index is -0.606. The molecule has 0 aliphatic rings. The second-order valence-corrected chi connectivity index (χ2v) is 6.70. The van der Waals surface area contributed by atoms with Gasteiger partial charge in [0.15, 0.2) is 11.5 Å². The Morgan fingerprint density at radius 3 is 2.78 bits per heavy atom. The molecule has 6 nitrogen and oxygen atoms in total. The second kappa shape index (κ2) is 6.74. The average molecular weight is 378 g/mol. The number of methoxy groups -OCH3 is 1. The van der Waals surface area contributed by atoms with E-state index in [0.717, 1.165) is 10.2 Å². The highest BCUT2D eigenvalue weighted by molar-refractivity contribution is 7.21. The van der Waals surface area contributed by atoms with Crippen LogP contribution in [0.1, 0.15) is 12.5 Å². The van der Waals surface area contributed by atoms with Crippen LogP contribution in [0.15, 0.2) is 45.6 Å². The highest BCUT2D eigenvalue weighted by Crippen LogP contribution is 2.37. The van der Waals surface area contributed by atoms with Crippen LogP contribution in [0, 0.1) is 11.3 Å². The highest BCUT2D eigenvalue weighted by atomic mass is 32.1. The minimum absolute atomic E-state index is 0.164. The number of benzene rings is 2. The summed E-state index contributed by atoms with van der Waals surface area (Å²) in [7, 11) is 1.52. The van der Waals surface area contributed by atoms with Crippen LogP contribution in [0.25, 0.3) is 31.8 Å². The Hall–Kier alpha value is -3.37. The van der Waals surface area contributed by atoms with Crippen molar-refractivity contribution in [2.45, 2.75) is 6.92 Å². The molecule has 0 aliphatic carbocycles. The third-order valence-electron chi connectivity index (χ3n) is 4.11. The van der Waals surface area contributed by atoms with Crippen LogP contribution in [0.3, 0.4) is 0 Å². The van der Waals surface area contributed by atoms with Gasteiger partial charge in [0.1, 0.15) is 22.2 Å². The molecule has 134 valence electrons. The molecular weight excluding hydrogens is 364 g/mol. The lowest BCUT2D eigenvalue weighted by Gasteiger charge is -2.11. The summed E-state index contributed by atoms with van der Waals surface area (Å²) in [4.78, 5) is 17.2. The van der Waals surface area contributed by atoms with Gasteiger partial charge in [-0.25, -0.2) is 9.78 Å². The number of ether oxygens (including phenoxy) is 2. The summed E-state index contributed by atoms with van der Waals surface area (Å²) in [5.41, 5.74) is 0.806. The zero-order chi connectivity index (χ0) is 19.0. The van der Waals surface area contributed by atoms with Crippen molar-refractivity contribution in [2.75, 3.05) is 13.7 Å². The maximum atomic E-state index is 12.7. The van der Waals surface area contributed by atoms with Crippen molar-refractivity contribution >= 4 is 32.5 Å². The van der Waals surface area contributed by atoms with E-state index in [1.54, 1.807) is 12.1 Å². The van der Waals surface area contributed by atoms with Crippen LogP contribution in [-0.4, -0.2) is 18.7 Å². The van der Waals surface area contributed by atoms with Gasteiger partial charge in [-0.2, -0.15) is 5.26 Å². The first-order valence-electron chi connectivity index (χ1n) is 8.24. The normalized spacial score (nSPS) is 10.9. The van der Waals surface area contributed by atoms with Gasteiger partial charge in [0, 0.05) is 11.5 Å². The lowest BCUT2D eigenvalue weighted by atomic mass is 10.1. The fraction of sp³-hybridized carbons (Fsp3) is 0.150. The van der Waals surface area contributed by atoms with Crippen LogP contribution in [0.4, 0.5) is 0 Å². The maximum Gasteiger partial charge on any atom is 0.348 e. The molecule has 0 spiro atoms. The van der Waals surface area contributed by atoms with Crippen LogP contribution in [-0.2, 0) is 0 Å². The van der Waals surface area contributed by atoms with Gasteiger partial charge in [-0.3, -0.25) is 0 Å². The number of aromatic nitrogens is 1. The van der Waals surface area contributed by atoms with Crippen molar-refractivity contribution in [3.8, 4) is 28.1 Å². The minimum Gasteiger partial charge on any atom is -0.493 e. The van der Waals surface area contributed by atoms with E-state index in [1.807, 2.05) is 31.2 Å². The Balaban J connectivity index is 2.04. The highest BCUT2D eigenvalue weighted by Gasteiger charge is 2.21. The van der Waals surface area contributed by atoms with Crippen molar-refractivity contribution in [3.05, 3.63) is 52.4 Å². The first-order chi connectivity index (χ1) is 13.2. The molecule has 0 saturated heterocycles. The fourth-order valence-electron chi connectivity index (χ4n) is 2.93. The number of rotatable bonds is 4. The molecule has 2 heterocycles. The zero-order valence-corrected chi connectivity index (χ0v) is 15.4. The van der Waals surface area contributed by atoms with Crippen LogP contribution >= 0.6 is 11.3 Å². The molecule has 2 aromatic heterocycles.